The Hall–Kier alpha value is -3.32. The lowest BCUT2D eigenvalue weighted by Crippen LogP contribution is -2.47. The van der Waals surface area contributed by atoms with Crippen LogP contribution in [0.2, 0.25) is 0 Å². The number of amides is 2. The fraction of sp³-hybridized carbons (Fsp3) is 0.333. The Balaban J connectivity index is 1.50. The van der Waals surface area contributed by atoms with E-state index in [1.165, 1.54) is 4.88 Å². The fourth-order valence-electron chi connectivity index (χ4n) is 4.26. The highest BCUT2D eigenvalue weighted by molar-refractivity contribution is 7.10. The summed E-state index contributed by atoms with van der Waals surface area (Å²) >= 11 is 1.72. The van der Waals surface area contributed by atoms with Crippen molar-refractivity contribution in [2.75, 3.05) is 33.4 Å². The molecule has 1 atom stereocenters. The Bertz CT molecular complexity index is 1140. The predicted octanol–water partition coefficient (Wildman–Crippen LogP) is 4.73. The lowest BCUT2D eigenvalue weighted by molar-refractivity contribution is -0.135. The molecule has 4 rings (SSSR count). The second kappa shape index (κ2) is 10.7. The average molecular weight is 479 g/mol. The van der Waals surface area contributed by atoms with Gasteiger partial charge >= 0.3 is 0 Å². The van der Waals surface area contributed by atoms with E-state index < -0.39 is 0 Å². The fourth-order valence-corrected chi connectivity index (χ4v) is 5.19. The molecule has 3 aromatic rings. The second-order valence-corrected chi connectivity index (χ2v) is 9.28. The van der Waals surface area contributed by atoms with Gasteiger partial charge in [-0.1, -0.05) is 18.2 Å². The maximum Gasteiger partial charge on any atom is 0.254 e. The van der Waals surface area contributed by atoms with Crippen molar-refractivity contribution in [1.29, 1.82) is 0 Å². The quantitative estimate of drug-likeness (QED) is 0.470. The van der Waals surface area contributed by atoms with E-state index in [9.17, 15) is 9.59 Å². The van der Waals surface area contributed by atoms with Gasteiger partial charge in [-0.05, 0) is 73.2 Å². The van der Waals surface area contributed by atoms with Gasteiger partial charge in [0.25, 0.3) is 5.91 Å². The molecule has 1 aliphatic rings. The highest BCUT2D eigenvalue weighted by atomic mass is 32.1. The second-order valence-electron chi connectivity index (χ2n) is 8.28. The number of para-hydroxylation sites is 1. The molecular weight excluding hydrogens is 448 g/mol. The molecule has 0 bridgehead atoms. The van der Waals surface area contributed by atoms with Crippen molar-refractivity contribution in [1.82, 2.24) is 9.80 Å². The smallest absolute Gasteiger partial charge is 0.254 e. The van der Waals surface area contributed by atoms with Crippen LogP contribution in [0.3, 0.4) is 0 Å². The number of ether oxygens (including phenoxy) is 2. The molecule has 178 valence electrons. The van der Waals surface area contributed by atoms with Gasteiger partial charge in [0.2, 0.25) is 5.91 Å². The number of thiophene rings is 1. The first kappa shape index (κ1) is 23.8. The molecular formula is C27H30N2O4S. The molecule has 1 unspecified atom stereocenters. The van der Waals surface area contributed by atoms with Gasteiger partial charge in [-0.2, -0.15) is 0 Å². The number of nitrogens with zero attached hydrogens (tertiary/aromatic N) is 2. The number of hydrogen-bond acceptors (Lipinski definition) is 5. The Morgan fingerprint density at radius 1 is 1.12 bits per heavy atom. The number of methoxy groups -OCH3 is 1. The Morgan fingerprint density at radius 2 is 1.88 bits per heavy atom. The average Bonchev–Trinajstić information content (AvgIpc) is 3.35. The van der Waals surface area contributed by atoms with E-state index in [-0.39, 0.29) is 24.4 Å². The van der Waals surface area contributed by atoms with Crippen molar-refractivity contribution in [2.45, 2.75) is 26.3 Å². The molecule has 0 spiro atoms. The van der Waals surface area contributed by atoms with Gasteiger partial charge in [-0.3, -0.25) is 9.59 Å². The van der Waals surface area contributed by atoms with Crippen LogP contribution in [0.4, 0.5) is 0 Å². The van der Waals surface area contributed by atoms with E-state index in [2.05, 4.69) is 11.4 Å². The van der Waals surface area contributed by atoms with Crippen molar-refractivity contribution in [3.05, 3.63) is 81.5 Å². The molecule has 0 saturated carbocycles. The topological polar surface area (TPSA) is 59.1 Å². The van der Waals surface area contributed by atoms with Gasteiger partial charge in [-0.15, -0.1) is 11.3 Å². The van der Waals surface area contributed by atoms with Crippen molar-refractivity contribution >= 4 is 23.2 Å². The summed E-state index contributed by atoms with van der Waals surface area (Å²) in [5.41, 5.74) is 2.74. The first-order valence-electron chi connectivity index (χ1n) is 11.5. The highest BCUT2D eigenvalue weighted by Gasteiger charge is 2.33. The molecule has 1 aliphatic heterocycles. The van der Waals surface area contributed by atoms with Crippen LogP contribution >= 0.6 is 11.3 Å². The number of aryl methyl sites for hydroxylation is 1. The summed E-state index contributed by atoms with van der Waals surface area (Å²) in [6.07, 6.45) is 0.818. The van der Waals surface area contributed by atoms with Gasteiger partial charge in [-0.25, -0.2) is 0 Å². The van der Waals surface area contributed by atoms with E-state index in [1.54, 1.807) is 47.6 Å². The molecule has 0 N–H and O–H groups in total. The summed E-state index contributed by atoms with van der Waals surface area (Å²) in [5.74, 6) is 1.27. The zero-order chi connectivity index (χ0) is 24.1. The molecule has 6 nitrogen and oxygen atoms in total. The lowest BCUT2D eigenvalue weighted by Gasteiger charge is -2.37. The van der Waals surface area contributed by atoms with Gasteiger partial charge in [0.1, 0.15) is 24.7 Å². The van der Waals surface area contributed by atoms with Crippen LogP contribution in [0.15, 0.2) is 60.0 Å². The maximum atomic E-state index is 13.5. The number of hydrogen-bond donors (Lipinski definition) is 0. The summed E-state index contributed by atoms with van der Waals surface area (Å²) in [6.45, 7) is 5.36. The van der Waals surface area contributed by atoms with E-state index in [4.69, 9.17) is 9.47 Å². The van der Waals surface area contributed by atoms with Crippen molar-refractivity contribution in [3.8, 4) is 11.5 Å². The zero-order valence-electron chi connectivity index (χ0n) is 19.8. The number of fused-ring (bicyclic) bond motifs is 1. The molecule has 2 amide bonds. The number of benzene rings is 2. The summed E-state index contributed by atoms with van der Waals surface area (Å²) in [6, 6.07) is 16.8. The van der Waals surface area contributed by atoms with Crippen LogP contribution in [0, 0.1) is 6.92 Å². The molecule has 0 radical (unpaired) electrons. The van der Waals surface area contributed by atoms with Crippen LogP contribution < -0.4 is 9.47 Å². The minimum Gasteiger partial charge on any atom is -0.497 e. The molecule has 0 saturated heterocycles. The molecule has 0 fully saturated rings. The summed E-state index contributed by atoms with van der Waals surface area (Å²) in [5, 5.41) is 2.07. The third-order valence-electron chi connectivity index (χ3n) is 6.24. The van der Waals surface area contributed by atoms with Crippen LogP contribution in [0.1, 0.15) is 39.3 Å². The molecule has 7 heteroatoms. The maximum absolute atomic E-state index is 13.5. The predicted molar refractivity (Wildman–Crippen MR) is 134 cm³/mol. The van der Waals surface area contributed by atoms with Crippen molar-refractivity contribution in [2.24, 2.45) is 0 Å². The Morgan fingerprint density at radius 3 is 2.59 bits per heavy atom. The number of likely N-dealkylation sites (N-methyl/N-ethyl adjacent to an activating group) is 1. The first-order chi connectivity index (χ1) is 16.5. The SMILES string of the molecule is CCN(CC(=O)N1CCc2sccc2C1COc1ccccc1C)C(=O)c1ccc(OC)cc1. The summed E-state index contributed by atoms with van der Waals surface area (Å²) in [4.78, 5) is 31.3. The minimum absolute atomic E-state index is 0.0295. The first-order valence-corrected chi connectivity index (χ1v) is 12.4. The zero-order valence-corrected chi connectivity index (χ0v) is 20.6. The standard InChI is InChI=1S/C27H30N2O4S/c1-4-28(27(31)20-9-11-21(32-3)12-10-20)17-26(30)29-15-13-25-22(14-16-34-25)23(29)18-33-24-8-6-5-7-19(24)2/h5-12,14,16,23H,4,13,15,17-18H2,1-3H3. The molecule has 34 heavy (non-hydrogen) atoms. The lowest BCUT2D eigenvalue weighted by atomic mass is 10.00. The van der Waals surface area contributed by atoms with Gasteiger partial charge in [0.15, 0.2) is 0 Å². The minimum atomic E-state index is -0.183. The summed E-state index contributed by atoms with van der Waals surface area (Å²) < 4.78 is 11.4. The number of carbonyl (C=O) groups is 2. The third-order valence-corrected chi connectivity index (χ3v) is 7.23. The molecule has 0 aliphatic carbocycles. The Labute approximate surface area is 204 Å². The van der Waals surface area contributed by atoms with Crippen molar-refractivity contribution in [3.63, 3.8) is 0 Å². The normalized spacial score (nSPS) is 14.9. The van der Waals surface area contributed by atoms with Gasteiger partial charge < -0.3 is 19.3 Å². The largest absolute Gasteiger partial charge is 0.497 e. The molecule has 1 aromatic heterocycles. The van der Waals surface area contributed by atoms with Gasteiger partial charge in [0, 0.05) is 23.5 Å². The third kappa shape index (κ3) is 5.09. The Kier molecular flexibility index (Phi) is 7.53. The van der Waals surface area contributed by atoms with Crippen LogP contribution in [-0.4, -0.2) is 55.0 Å². The van der Waals surface area contributed by atoms with Gasteiger partial charge in [0.05, 0.1) is 13.2 Å². The van der Waals surface area contributed by atoms with Crippen LogP contribution in [-0.2, 0) is 11.2 Å². The summed E-state index contributed by atoms with van der Waals surface area (Å²) in [7, 11) is 1.59. The van der Waals surface area contributed by atoms with E-state index in [0.29, 0.717) is 31.0 Å². The molecule has 2 aromatic carbocycles. The monoisotopic (exact) mass is 478 g/mol. The van der Waals surface area contributed by atoms with Crippen molar-refractivity contribution < 1.29 is 19.1 Å². The molecule has 2 heterocycles. The van der Waals surface area contributed by atoms with E-state index in [0.717, 1.165) is 23.3 Å². The van der Waals surface area contributed by atoms with Crippen LogP contribution in [0.5, 0.6) is 11.5 Å². The number of carbonyl (C=O) groups excluding carboxylic acids is 2. The highest BCUT2D eigenvalue weighted by Crippen LogP contribution is 2.34. The van der Waals surface area contributed by atoms with Crippen LogP contribution in [0.25, 0.3) is 0 Å². The number of rotatable bonds is 8. The van der Waals surface area contributed by atoms with E-state index >= 15 is 0 Å². The van der Waals surface area contributed by atoms with E-state index in [1.807, 2.05) is 43.0 Å².